The van der Waals surface area contributed by atoms with Crippen molar-refractivity contribution in [2.75, 3.05) is 27.3 Å². The van der Waals surface area contributed by atoms with Crippen LogP contribution in [0.1, 0.15) is 142 Å². The molecular formula is C29H57NO5. The van der Waals surface area contributed by atoms with E-state index in [-0.39, 0.29) is 11.9 Å². The Labute approximate surface area is 216 Å². The fraction of sp³-hybridized carbons (Fsp3) is 0.897. The summed E-state index contributed by atoms with van der Waals surface area (Å²) in [5.41, 5.74) is 0. The molecular weight excluding hydrogens is 442 g/mol. The van der Waals surface area contributed by atoms with Gasteiger partial charge in [-0.25, -0.2) is 0 Å². The minimum atomic E-state index is -0.0448. The summed E-state index contributed by atoms with van der Waals surface area (Å²) < 4.78 is 10.6. The molecule has 0 bridgehead atoms. The molecule has 0 aliphatic heterocycles. The number of unbranched alkanes of at least 4 members (excludes halogenated alkanes) is 15. The zero-order valence-corrected chi connectivity index (χ0v) is 23.6. The third kappa shape index (κ3) is 34.7. The molecule has 208 valence electrons. The van der Waals surface area contributed by atoms with Gasteiger partial charge in [0.05, 0.1) is 13.2 Å². The maximum atomic E-state index is 11.7. The maximum Gasteiger partial charge on any atom is 0.305 e. The molecule has 0 fully saturated rings. The Hall–Kier alpha value is -1.59. The van der Waals surface area contributed by atoms with Crippen molar-refractivity contribution in [3.63, 3.8) is 0 Å². The van der Waals surface area contributed by atoms with E-state index in [4.69, 9.17) is 9.47 Å². The molecule has 0 heterocycles. The van der Waals surface area contributed by atoms with Crippen LogP contribution < -0.4 is 0 Å². The van der Waals surface area contributed by atoms with Gasteiger partial charge in [-0.3, -0.25) is 14.4 Å². The minimum Gasteiger partial charge on any atom is -0.466 e. The van der Waals surface area contributed by atoms with Gasteiger partial charge in [-0.1, -0.05) is 104 Å². The van der Waals surface area contributed by atoms with E-state index in [1.165, 1.54) is 69.1 Å². The van der Waals surface area contributed by atoms with Crippen LogP contribution in [0.25, 0.3) is 0 Å². The van der Waals surface area contributed by atoms with Crippen LogP contribution in [0.3, 0.4) is 0 Å². The molecule has 0 saturated heterocycles. The van der Waals surface area contributed by atoms with Crippen molar-refractivity contribution in [2.45, 2.75) is 142 Å². The molecule has 0 spiro atoms. The Kier molecular flexibility index (Phi) is 30.9. The zero-order chi connectivity index (χ0) is 26.4. The molecule has 0 saturated carbocycles. The highest BCUT2D eigenvalue weighted by atomic mass is 16.5. The predicted molar refractivity (Wildman–Crippen MR) is 145 cm³/mol. The highest BCUT2D eigenvalue weighted by Gasteiger charge is 2.04. The molecule has 0 aromatic heterocycles. The summed E-state index contributed by atoms with van der Waals surface area (Å²) in [6.45, 7) is 5.60. The monoisotopic (exact) mass is 499 g/mol. The van der Waals surface area contributed by atoms with Gasteiger partial charge in [-0.15, -0.1) is 0 Å². The number of esters is 2. The second-order valence-corrected chi connectivity index (χ2v) is 9.67. The van der Waals surface area contributed by atoms with Crippen molar-refractivity contribution in [1.82, 2.24) is 4.90 Å². The summed E-state index contributed by atoms with van der Waals surface area (Å²) in [5.74, 6) is -0.0895. The third-order valence-electron chi connectivity index (χ3n) is 5.74. The Morgan fingerprint density at radius 1 is 0.543 bits per heavy atom. The number of rotatable bonds is 24. The molecule has 6 nitrogen and oxygen atoms in total. The minimum absolute atomic E-state index is 0.0448. The lowest BCUT2D eigenvalue weighted by Gasteiger charge is -2.06. The van der Waals surface area contributed by atoms with Crippen LogP contribution in [0.5, 0.6) is 0 Å². The van der Waals surface area contributed by atoms with Crippen molar-refractivity contribution in [2.24, 2.45) is 0 Å². The molecule has 0 radical (unpaired) electrons. The molecule has 0 aliphatic rings. The van der Waals surface area contributed by atoms with Crippen LogP contribution in [0, 0.1) is 0 Å². The van der Waals surface area contributed by atoms with Gasteiger partial charge in [-0.2, -0.15) is 0 Å². The number of carbonyl (C=O) groups is 3. The van der Waals surface area contributed by atoms with E-state index in [1.807, 2.05) is 0 Å². The van der Waals surface area contributed by atoms with Crippen molar-refractivity contribution in [1.29, 1.82) is 0 Å². The summed E-state index contributed by atoms with van der Waals surface area (Å²) in [5, 5.41) is 0. The summed E-state index contributed by atoms with van der Waals surface area (Å²) >= 11 is 0. The second-order valence-electron chi connectivity index (χ2n) is 9.67. The first-order valence-electron chi connectivity index (χ1n) is 14.4. The molecule has 35 heavy (non-hydrogen) atoms. The molecule has 0 unspecified atom stereocenters. The van der Waals surface area contributed by atoms with E-state index < -0.39 is 0 Å². The summed E-state index contributed by atoms with van der Waals surface area (Å²) in [4.78, 5) is 34.3. The number of ether oxygens (including phenoxy) is 2. The largest absolute Gasteiger partial charge is 0.466 e. The molecule has 0 aromatic rings. The van der Waals surface area contributed by atoms with Crippen LogP contribution >= 0.6 is 0 Å². The van der Waals surface area contributed by atoms with E-state index in [1.54, 1.807) is 14.1 Å². The number of hydrogen-bond donors (Lipinski definition) is 0. The first kappa shape index (κ1) is 35.6. The van der Waals surface area contributed by atoms with Gasteiger partial charge < -0.3 is 14.4 Å². The topological polar surface area (TPSA) is 72.9 Å². The van der Waals surface area contributed by atoms with Gasteiger partial charge in [0.25, 0.3) is 0 Å². The van der Waals surface area contributed by atoms with E-state index in [0.29, 0.717) is 26.1 Å². The fourth-order valence-electron chi connectivity index (χ4n) is 3.53. The lowest BCUT2D eigenvalue weighted by atomic mass is 10.1. The summed E-state index contributed by atoms with van der Waals surface area (Å²) in [6.07, 6.45) is 22.6. The Morgan fingerprint density at radius 3 is 1.14 bits per heavy atom. The van der Waals surface area contributed by atoms with E-state index in [0.717, 1.165) is 57.8 Å². The Morgan fingerprint density at radius 2 is 0.829 bits per heavy atom. The van der Waals surface area contributed by atoms with E-state index in [9.17, 15) is 14.4 Å². The molecule has 0 aromatic carbocycles. The number of carbonyl (C=O) groups excluding carboxylic acids is 3. The molecule has 1 amide bonds. The highest BCUT2D eigenvalue weighted by molar-refractivity contribution is 5.69. The molecule has 6 heteroatoms. The quantitative estimate of drug-likeness (QED) is 0.0776. The first-order valence-corrected chi connectivity index (χ1v) is 14.4. The predicted octanol–water partition coefficient (Wildman–Crippen LogP) is 7.62. The average molecular weight is 500 g/mol. The first-order chi connectivity index (χ1) is 17.0. The van der Waals surface area contributed by atoms with Gasteiger partial charge >= 0.3 is 11.9 Å². The number of nitrogens with zero attached hydrogens (tertiary/aromatic N) is 1. The lowest BCUT2D eigenvalue weighted by Crippen LogP contribution is -2.06. The van der Waals surface area contributed by atoms with Gasteiger partial charge in [0.1, 0.15) is 0 Å². The lowest BCUT2D eigenvalue weighted by molar-refractivity contribution is -0.144. The maximum absolute atomic E-state index is 11.7. The standard InChI is InChI=1S/C26H50O4.C3H7NO/c1-3-5-7-9-15-19-23-29-25(27)21-17-13-11-12-14-18-22-26(28)30-24-20-16-10-8-6-4-2;1-4(2)3-5/h3-24H2,1-2H3;3H,1-2H3. The Bertz CT molecular complexity index is 432. The van der Waals surface area contributed by atoms with Crippen molar-refractivity contribution in [3.05, 3.63) is 0 Å². The molecule has 0 rings (SSSR count). The van der Waals surface area contributed by atoms with Crippen LogP contribution in [-0.2, 0) is 23.9 Å². The smallest absolute Gasteiger partial charge is 0.305 e. The van der Waals surface area contributed by atoms with Crippen LogP contribution in [0.2, 0.25) is 0 Å². The zero-order valence-electron chi connectivity index (χ0n) is 23.6. The molecule has 0 N–H and O–H groups in total. The molecule has 0 atom stereocenters. The van der Waals surface area contributed by atoms with Crippen LogP contribution in [0.4, 0.5) is 0 Å². The third-order valence-corrected chi connectivity index (χ3v) is 5.74. The number of hydrogen-bond acceptors (Lipinski definition) is 5. The van der Waals surface area contributed by atoms with E-state index >= 15 is 0 Å². The normalized spacial score (nSPS) is 10.3. The van der Waals surface area contributed by atoms with E-state index in [2.05, 4.69) is 13.8 Å². The summed E-state index contributed by atoms with van der Waals surface area (Å²) in [7, 11) is 3.38. The average Bonchev–Trinajstić information content (AvgIpc) is 2.84. The van der Waals surface area contributed by atoms with Gasteiger partial charge in [0.15, 0.2) is 0 Å². The van der Waals surface area contributed by atoms with Crippen molar-refractivity contribution in [3.8, 4) is 0 Å². The van der Waals surface area contributed by atoms with Crippen LogP contribution in [-0.4, -0.2) is 50.6 Å². The van der Waals surface area contributed by atoms with Crippen molar-refractivity contribution < 1.29 is 23.9 Å². The SMILES string of the molecule is CCCCCCCCOC(=O)CCCCCCCCC(=O)OCCCCCCCC.CN(C)C=O. The fourth-order valence-corrected chi connectivity index (χ4v) is 3.53. The van der Waals surface area contributed by atoms with Gasteiger partial charge in [0.2, 0.25) is 6.41 Å². The van der Waals surface area contributed by atoms with Crippen LogP contribution in [0.15, 0.2) is 0 Å². The van der Waals surface area contributed by atoms with Crippen molar-refractivity contribution >= 4 is 18.3 Å². The number of amides is 1. The highest BCUT2D eigenvalue weighted by Crippen LogP contribution is 2.11. The van der Waals surface area contributed by atoms with Gasteiger partial charge in [0, 0.05) is 26.9 Å². The molecule has 0 aliphatic carbocycles. The Balaban J connectivity index is 0. The summed E-state index contributed by atoms with van der Waals surface area (Å²) in [6, 6.07) is 0. The van der Waals surface area contributed by atoms with Gasteiger partial charge in [-0.05, 0) is 25.7 Å². The second kappa shape index (κ2) is 30.4.